The summed E-state index contributed by atoms with van der Waals surface area (Å²) in [5.74, 6) is 4.53. The zero-order chi connectivity index (χ0) is 12.8. The molecule has 0 aromatic heterocycles. The number of hydrogen-bond acceptors (Lipinski definition) is 3. The molecule has 0 radical (unpaired) electrons. The van der Waals surface area contributed by atoms with Gasteiger partial charge in [0.05, 0.1) is 5.75 Å². The van der Waals surface area contributed by atoms with Crippen LogP contribution < -0.4 is 10.2 Å². The monoisotopic (exact) mass is 260 g/mol. The van der Waals surface area contributed by atoms with E-state index in [2.05, 4.69) is 41.4 Å². The van der Waals surface area contributed by atoms with Crippen molar-refractivity contribution in [3.8, 4) is 12.3 Å². The molecule has 1 aromatic carbocycles. The highest BCUT2D eigenvalue weighted by atomic mass is 32.2. The maximum absolute atomic E-state index is 5.20. The van der Waals surface area contributed by atoms with E-state index in [0.717, 1.165) is 31.1 Å². The second kappa shape index (κ2) is 6.72. The molecular weight excluding hydrogens is 240 g/mol. The number of likely N-dealkylation sites (N-methyl/N-ethyl adjacent to an activating group) is 1. The first-order valence-corrected chi connectivity index (χ1v) is 7.51. The standard InChI is InChI=1S/C15H20N2S/c1-3-9-18-10-7-16-12-13-4-5-15-14(11-13)6-8-17(15)2/h1,4-5,11,16H,6-10,12H2,2H3. The van der Waals surface area contributed by atoms with E-state index in [1.807, 2.05) is 0 Å². The average Bonchev–Trinajstić information content (AvgIpc) is 2.75. The van der Waals surface area contributed by atoms with Crippen molar-refractivity contribution in [2.45, 2.75) is 13.0 Å². The van der Waals surface area contributed by atoms with Crippen molar-refractivity contribution in [1.29, 1.82) is 0 Å². The molecule has 0 saturated carbocycles. The van der Waals surface area contributed by atoms with E-state index in [9.17, 15) is 0 Å². The summed E-state index contributed by atoms with van der Waals surface area (Å²) >= 11 is 1.80. The lowest BCUT2D eigenvalue weighted by Crippen LogP contribution is -2.16. The number of benzene rings is 1. The van der Waals surface area contributed by atoms with Crippen LogP contribution in [0.5, 0.6) is 0 Å². The molecule has 0 amide bonds. The van der Waals surface area contributed by atoms with E-state index >= 15 is 0 Å². The third-order valence-electron chi connectivity index (χ3n) is 3.21. The lowest BCUT2D eigenvalue weighted by atomic mass is 10.1. The van der Waals surface area contributed by atoms with E-state index in [1.54, 1.807) is 11.8 Å². The van der Waals surface area contributed by atoms with Crippen molar-refractivity contribution in [3.63, 3.8) is 0 Å². The molecule has 1 aromatic rings. The molecule has 0 saturated heterocycles. The molecule has 0 fully saturated rings. The Hall–Kier alpha value is -1.11. The Labute approximate surface area is 114 Å². The summed E-state index contributed by atoms with van der Waals surface area (Å²) in [4.78, 5) is 2.32. The SMILES string of the molecule is C#CCSCCNCc1ccc2c(c1)CCN2C. The van der Waals surface area contributed by atoms with Crippen LogP contribution in [0, 0.1) is 12.3 Å². The first kappa shape index (κ1) is 13.3. The number of anilines is 1. The van der Waals surface area contributed by atoms with Crippen molar-refractivity contribution in [2.75, 3.05) is 36.5 Å². The van der Waals surface area contributed by atoms with Crippen molar-refractivity contribution in [3.05, 3.63) is 29.3 Å². The highest BCUT2D eigenvalue weighted by molar-refractivity contribution is 7.99. The molecule has 1 heterocycles. The Kier molecular flexibility index (Phi) is 4.98. The maximum Gasteiger partial charge on any atom is 0.0545 e. The largest absolute Gasteiger partial charge is 0.374 e. The van der Waals surface area contributed by atoms with Gasteiger partial charge in [0.1, 0.15) is 0 Å². The molecule has 1 N–H and O–H groups in total. The number of nitrogens with one attached hydrogen (secondary N) is 1. The lowest BCUT2D eigenvalue weighted by molar-refractivity contribution is 0.732. The molecule has 18 heavy (non-hydrogen) atoms. The zero-order valence-electron chi connectivity index (χ0n) is 10.9. The smallest absolute Gasteiger partial charge is 0.0545 e. The van der Waals surface area contributed by atoms with Gasteiger partial charge in [-0.15, -0.1) is 18.2 Å². The van der Waals surface area contributed by atoms with Gasteiger partial charge in [-0.05, 0) is 23.6 Å². The first-order chi connectivity index (χ1) is 8.81. The number of rotatable bonds is 6. The topological polar surface area (TPSA) is 15.3 Å². The molecule has 0 unspecified atom stereocenters. The molecule has 2 nitrogen and oxygen atoms in total. The highest BCUT2D eigenvalue weighted by Gasteiger charge is 2.15. The van der Waals surface area contributed by atoms with Gasteiger partial charge in [0.2, 0.25) is 0 Å². The van der Waals surface area contributed by atoms with Gasteiger partial charge >= 0.3 is 0 Å². The van der Waals surface area contributed by atoms with E-state index in [0.29, 0.717) is 0 Å². The molecule has 96 valence electrons. The van der Waals surface area contributed by atoms with Crippen LogP contribution in [0.15, 0.2) is 18.2 Å². The Morgan fingerprint density at radius 3 is 3.22 bits per heavy atom. The predicted molar refractivity (Wildman–Crippen MR) is 81.3 cm³/mol. The van der Waals surface area contributed by atoms with Crippen molar-refractivity contribution >= 4 is 17.4 Å². The number of fused-ring (bicyclic) bond motifs is 1. The van der Waals surface area contributed by atoms with E-state index in [1.165, 1.54) is 23.2 Å². The van der Waals surface area contributed by atoms with Gasteiger partial charge in [-0.25, -0.2) is 0 Å². The maximum atomic E-state index is 5.20. The van der Waals surface area contributed by atoms with Gasteiger partial charge in [0.15, 0.2) is 0 Å². The van der Waals surface area contributed by atoms with Gasteiger partial charge in [-0.3, -0.25) is 0 Å². The van der Waals surface area contributed by atoms with Gasteiger partial charge in [0, 0.05) is 38.1 Å². The van der Waals surface area contributed by atoms with Crippen LogP contribution in [0.4, 0.5) is 5.69 Å². The fraction of sp³-hybridized carbons (Fsp3) is 0.467. The minimum atomic E-state index is 0.812. The molecule has 0 aliphatic carbocycles. The van der Waals surface area contributed by atoms with E-state index < -0.39 is 0 Å². The van der Waals surface area contributed by atoms with Gasteiger partial charge in [-0.1, -0.05) is 18.1 Å². The summed E-state index contributed by atoms with van der Waals surface area (Å²) in [6, 6.07) is 6.80. The number of nitrogens with zero attached hydrogens (tertiary/aromatic N) is 1. The third-order valence-corrected chi connectivity index (χ3v) is 4.07. The van der Waals surface area contributed by atoms with Crippen LogP contribution in [-0.2, 0) is 13.0 Å². The Bertz CT molecular complexity index is 437. The molecular formula is C15H20N2S. The Balaban J connectivity index is 1.76. The van der Waals surface area contributed by atoms with Crippen LogP contribution in [0.25, 0.3) is 0 Å². The molecule has 3 heteroatoms. The second-order valence-corrected chi connectivity index (χ2v) is 5.67. The van der Waals surface area contributed by atoms with Crippen LogP contribution in [0.3, 0.4) is 0 Å². The fourth-order valence-corrected chi connectivity index (χ4v) is 2.79. The van der Waals surface area contributed by atoms with Crippen LogP contribution >= 0.6 is 11.8 Å². The summed E-state index contributed by atoms with van der Waals surface area (Å²) in [7, 11) is 2.16. The quantitative estimate of drug-likeness (QED) is 0.623. The predicted octanol–water partition coefficient (Wildman–Crippen LogP) is 2.13. The van der Waals surface area contributed by atoms with Crippen LogP contribution in [-0.4, -0.2) is 31.6 Å². The Morgan fingerprint density at radius 1 is 1.50 bits per heavy atom. The average molecular weight is 260 g/mol. The first-order valence-electron chi connectivity index (χ1n) is 6.36. The number of terminal acetylenes is 1. The summed E-state index contributed by atoms with van der Waals surface area (Å²) in [6.45, 7) is 3.12. The molecule has 2 rings (SSSR count). The van der Waals surface area contributed by atoms with Gasteiger partial charge in [-0.2, -0.15) is 0 Å². The molecule has 1 aliphatic heterocycles. The van der Waals surface area contributed by atoms with Crippen molar-refractivity contribution in [1.82, 2.24) is 5.32 Å². The lowest BCUT2D eigenvalue weighted by Gasteiger charge is -2.12. The minimum absolute atomic E-state index is 0.812. The summed E-state index contributed by atoms with van der Waals surface area (Å²) in [5.41, 5.74) is 4.26. The summed E-state index contributed by atoms with van der Waals surface area (Å²) in [5, 5.41) is 3.46. The summed E-state index contributed by atoms with van der Waals surface area (Å²) in [6.07, 6.45) is 6.38. The van der Waals surface area contributed by atoms with Crippen molar-refractivity contribution < 1.29 is 0 Å². The minimum Gasteiger partial charge on any atom is -0.374 e. The normalized spacial score (nSPS) is 13.4. The molecule has 0 bridgehead atoms. The summed E-state index contributed by atoms with van der Waals surface area (Å²) < 4.78 is 0. The zero-order valence-corrected chi connectivity index (χ0v) is 11.7. The highest BCUT2D eigenvalue weighted by Crippen LogP contribution is 2.27. The molecule has 0 atom stereocenters. The van der Waals surface area contributed by atoms with E-state index in [4.69, 9.17) is 6.42 Å². The van der Waals surface area contributed by atoms with E-state index in [-0.39, 0.29) is 0 Å². The number of hydrogen-bond donors (Lipinski definition) is 1. The number of thioether (sulfide) groups is 1. The second-order valence-electron chi connectivity index (χ2n) is 4.57. The third kappa shape index (κ3) is 3.44. The van der Waals surface area contributed by atoms with Gasteiger partial charge in [0.25, 0.3) is 0 Å². The molecule has 1 aliphatic rings. The van der Waals surface area contributed by atoms with Crippen LogP contribution in [0.1, 0.15) is 11.1 Å². The van der Waals surface area contributed by atoms with Crippen LogP contribution in [0.2, 0.25) is 0 Å². The van der Waals surface area contributed by atoms with Crippen molar-refractivity contribution in [2.24, 2.45) is 0 Å². The fourth-order valence-electron chi connectivity index (χ4n) is 2.24. The molecule has 0 spiro atoms. The van der Waals surface area contributed by atoms with Gasteiger partial charge < -0.3 is 10.2 Å². The Morgan fingerprint density at radius 2 is 2.39 bits per heavy atom.